The van der Waals surface area contributed by atoms with Crippen molar-refractivity contribution in [3.63, 3.8) is 0 Å². The lowest BCUT2D eigenvalue weighted by atomic mass is 9.94. The van der Waals surface area contributed by atoms with Crippen molar-refractivity contribution < 1.29 is 8.95 Å². The second-order valence-corrected chi connectivity index (χ2v) is 5.60. The average molecular weight is 216 g/mol. The summed E-state index contributed by atoms with van der Waals surface area (Å²) in [5, 5.41) is 0. The highest BCUT2D eigenvalue weighted by Gasteiger charge is 2.20. The minimum Gasteiger partial charge on any atom is -0.499 e. The van der Waals surface area contributed by atoms with Gasteiger partial charge in [0.25, 0.3) is 0 Å². The molecule has 1 aliphatic rings. The van der Waals surface area contributed by atoms with E-state index in [0.29, 0.717) is 5.92 Å². The quantitative estimate of drug-likeness (QED) is 0.677. The molecule has 1 rings (SSSR count). The van der Waals surface area contributed by atoms with E-state index in [1.165, 1.54) is 19.1 Å². The molecule has 0 aromatic heterocycles. The number of hydrogen-bond donors (Lipinski definition) is 0. The fourth-order valence-electron chi connectivity index (χ4n) is 1.93. The summed E-state index contributed by atoms with van der Waals surface area (Å²) in [5.41, 5.74) is 0. The summed E-state index contributed by atoms with van der Waals surface area (Å²) in [6, 6.07) is 0. The first kappa shape index (κ1) is 11.8. The molecule has 0 aromatic carbocycles. The molecule has 3 atom stereocenters. The Morgan fingerprint density at radius 1 is 1.43 bits per heavy atom. The van der Waals surface area contributed by atoms with Gasteiger partial charge in [0.05, 0.1) is 12.4 Å². The molecule has 3 heteroatoms. The summed E-state index contributed by atoms with van der Waals surface area (Å²) in [4.78, 5) is 0. The fraction of sp³-hybridized carbons (Fsp3) is 0.818. The predicted octanol–water partition coefficient (Wildman–Crippen LogP) is 2.47. The third kappa shape index (κ3) is 3.82. The second-order valence-electron chi connectivity index (χ2n) is 3.90. The minimum atomic E-state index is -0.591. The molecule has 0 aromatic rings. The Hall–Kier alpha value is -0.310. The second kappa shape index (κ2) is 6.23. The third-order valence-corrected chi connectivity index (χ3v) is 4.32. The van der Waals surface area contributed by atoms with Crippen molar-refractivity contribution in [1.82, 2.24) is 0 Å². The predicted molar refractivity (Wildman–Crippen MR) is 60.6 cm³/mol. The van der Waals surface area contributed by atoms with Crippen LogP contribution in [0.1, 0.15) is 32.6 Å². The molecule has 3 unspecified atom stereocenters. The van der Waals surface area contributed by atoms with Crippen molar-refractivity contribution in [2.45, 2.75) is 38.7 Å². The lowest BCUT2D eigenvalue weighted by molar-refractivity contribution is 0.0946. The first-order valence-corrected chi connectivity index (χ1v) is 6.84. The van der Waals surface area contributed by atoms with Crippen LogP contribution in [0.5, 0.6) is 0 Å². The Balaban J connectivity index is 2.41. The normalized spacial score (nSPS) is 31.2. The summed E-state index contributed by atoms with van der Waals surface area (Å²) in [6.45, 7) is 5.65. The van der Waals surface area contributed by atoms with Crippen LogP contribution < -0.4 is 0 Å². The van der Waals surface area contributed by atoms with Crippen LogP contribution in [0, 0.1) is 5.92 Å². The van der Waals surface area contributed by atoms with E-state index in [9.17, 15) is 4.21 Å². The maximum Gasteiger partial charge on any atom is 0.0978 e. The molecule has 1 saturated heterocycles. The van der Waals surface area contributed by atoms with Crippen LogP contribution in [0.2, 0.25) is 0 Å². The number of ether oxygens (including phenoxy) is 1. The van der Waals surface area contributed by atoms with Crippen LogP contribution in [-0.2, 0) is 15.5 Å². The molecule has 0 amide bonds. The Labute approximate surface area is 89.2 Å². The molecule has 14 heavy (non-hydrogen) atoms. The van der Waals surface area contributed by atoms with Gasteiger partial charge in [-0.3, -0.25) is 4.21 Å². The summed E-state index contributed by atoms with van der Waals surface area (Å²) in [7, 11) is -0.591. The molecule has 2 nitrogen and oxygen atoms in total. The zero-order valence-corrected chi connectivity index (χ0v) is 9.72. The van der Waals surface area contributed by atoms with Crippen LogP contribution in [0.4, 0.5) is 0 Å². The van der Waals surface area contributed by atoms with Gasteiger partial charge in [-0.25, -0.2) is 0 Å². The largest absolute Gasteiger partial charge is 0.499 e. The van der Waals surface area contributed by atoms with Crippen molar-refractivity contribution >= 4 is 10.8 Å². The van der Waals surface area contributed by atoms with Gasteiger partial charge in [-0.15, -0.1) is 0 Å². The van der Waals surface area contributed by atoms with E-state index in [0.717, 1.165) is 24.3 Å². The van der Waals surface area contributed by atoms with Crippen molar-refractivity contribution in [3.8, 4) is 0 Å². The molecule has 0 radical (unpaired) electrons. The SMILES string of the molecule is C=COC(C)C1CCCCS(=O)CC1. The highest BCUT2D eigenvalue weighted by molar-refractivity contribution is 7.84. The van der Waals surface area contributed by atoms with Crippen LogP contribution in [0.15, 0.2) is 12.8 Å². The Morgan fingerprint density at radius 2 is 2.21 bits per heavy atom. The van der Waals surface area contributed by atoms with Crippen LogP contribution in [-0.4, -0.2) is 21.8 Å². The van der Waals surface area contributed by atoms with Crippen LogP contribution >= 0.6 is 0 Å². The molecule has 0 aliphatic carbocycles. The molecule has 82 valence electrons. The molecule has 0 saturated carbocycles. The highest BCUT2D eigenvalue weighted by Crippen LogP contribution is 2.22. The Kier molecular flexibility index (Phi) is 5.23. The molecule has 1 heterocycles. The van der Waals surface area contributed by atoms with Crippen LogP contribution in [0.3, 0.4) is 0 Å². The third-order valence-electron chi connectivity index (χ3n) is 2.89. The lowest BCUT2D eigenvalue weighted by Gasteiger charge is -2.24. The monoisotopic (exact) mass is 216 g/mol. The molecule has 1 fully saturated rings. The van der Waals surface area contributed by atoms with E-state index in [-0.39, 0.29) is 6.10 Å². The molecular weight excluding hydrogens is 196 g/mol. The van der Waals surface area contributed by atoms with Gasteiger partial charge in [0.2, 0.25) is 0 Å². The zero-order chi connectivity index (χ0) is 10.4. The zero-order valence-electron chi connectivity index (χ0n) is 8.91. The van der Waals surface area contributed by atoms with Crippen molar-refractivity contribution in [3.05, 3.63) is 12.8 Å². The van der Waals surface area contributed by atoms with Crippen molar-refractivity contribution in [2.75, 3.05) is 11.5 Å². The first-order chi connectivity index (χ1) is 6.74. The number of rotatable bonds is 3. The summed E-state index contributed by atoms with van der Waals surface area (Å²) in [6.07, 6.45) is 6.25. The highest BCUT2D eigenvalue weighted by atomic mass is 32.2. The van der Waals surface area contributed by atoms with Gasteiger partial charge in [-0.2, -0.15) is 0 Å². The molecule has 0 bridgehead atoms. The van der Waals surface area contributed by atoms with E-state index in [4.69, 9.17) is 4.74 Å². The van der Waals surface area contributed by atoms with Gasteiger partial charge < -0.3 is 4.74 Å². The standard InChI is InChI=1S/C11H20O2S/c1-3-13-10(2)11-6-4-5-8-14(12)9-7-11/h3,10-11H,1,4-9H2,2H3. The molecule has 0 spiro atoms. The van der Waals surface area contributed by atoms with Gasteiger partial charge in [0.1, 0.15) is 0 Å². The van der Waals surface area contributed by atoms with E-state index in [2.05, 4.69) is 13.5 Å². The summed E-state index contributed by atoms with van der Waals surface area (Å²) >= 11 is 0. The topological polar surface area (TPSA) is 26.3 Å². The van der Waals surface area contributed by atoms with E-state index < -0.39 is 10.8 Å². The van der Waals surface area contributed by atoms with Gasteiger partial charge >= 0.3 is 0 Å². The van der Waals surface area contributed by atoms with Gasteiger partial charge in [-0.1, -0.05) is 13.0 Å². The smallest absolute Gasteiger partial charge is 0.0978 e. The molecular formula is C11H20O2S. The molecule has 0 N–H and O–H groups in total. The van der Waals surface area contributed by atoms with E-state index >= 15 is 0 Å². The Bertz CT molecular complexity index is 203. The van der Waals surface area contributed by atoms with E-state index in [1.807, 2.05) is 0 Å². The maximum absolute atomic E-state index is 11.4. The first-order valence-electron chi connectivity index (χ1n) is 5.35. The minimum absolute atomic E-state index is 0.225. The average Bonchev–Trinajstić information content (AvgIpc) is 2.12. The van der Waals surface area contributed by atoms with Crippen LogP contribution in [0.25, 0.3) is 0 Å². The Morgan fingerprint density at radius 3 is 2.93 bits per heavy atom. The maximum atomic E-state index is 11.4. The van der Waals surface area contributed by atoms with Gasteiger partial charge in [0.15, 0.2) is 0 Å². The van der Waals surface area contributed by atoms with E-state index in [1.54, 1.807) is 0 Å². The van der Waals surface area contributed by atoms with Crippen molar-refractivity contribution in [1.29, 1.82) is 0 Å². The van der Waals surface area contributed by atoms with Gasteiger partial charge in [0, 0.05) is 22.3 Å². The number of hydrogen-bond acceptors (Lipinski definition) is 2. The fourth-order valence-corrected chi connectivity index (χ4v) is 3.23. The summed E-state index contributed by atoms with van der Waals surface area (Å²) < 4.78 is 16.8. The van der Waals surface area contributed by atoms with Crippen molar-refractivity contribution in [2.24, 2.45) is 5.92 Å². The lowest BCUT2D eigenvalue weighted by Crippen LogP contribution is -2.23. The summed E-state index contributed by atoms with van der Waals surface area (Å²) in [5.74, 6) is 2.29. The van der Waals surface area contributed by atoms with Gasteiger partial charge in [-0.05, 0) is 32.1 Å². The molecule has 1 aliphatic heterocycles.